The van der Waals surface area contributed by atoms with Gasteiger partial charge < -0.3 is 4.90 Å². The molecular weight excluding hydrogens is 312 g/mol. The minimum Gasteiger partial charge on any atom is -0.355 e. The molecule has 0 bridgehead atoms. The summed E-state index contributed by atoms with van der Waals surface area (Å²) in [6, 6.07) is 1.99. The minimum atomic E-state index is -0.142. The van der Waals surface area contributed by atoms with Gasteiger partial charge in [0.15, 0.2) is 11.9 Å². The molecule has 0 unspecified atom stereocenters. The summed E-state index contributed by atoms with van der Waals surface area (Å²) in [5, 5.41) is 5.69. The standard InChI is InChI=1S/C20H28N4O/c1-13-17-9-16(12-25)18(21-19(17)24(22-13)20(2,3)4)23(10-14-5-6-14)11-15-7-8-15/h9,12,14-15H,5-8,10-11H2,1-4H3. The highest BCUT2D eigenvalue weighted by Gasteiger charge is 2.31. The molecule has 0 radical (unpaired) electrons. The largest absolute Gasteiger partial charge is 0.355 e. The van der Waals surface area contributed by atoms with Crippen molar-refractivity contribution in [2.75, 3.05) is 18.0 Å². The number of aldehydes is 1. The highest BCUT2D eigenvalue weighted by Crippen LogP contribution is 2.37. The van der Waals surface area contributed by atoms with Crippen LogP contribution in [0.3, 0.4) is 0 Å². The van der Waals surface area contributed by atoms with Gasteiger partial charge in [-0.05, 0) is 71.3 Å². The Hall–Kier alpha value is -1.91. The summed E-state index contributed by atoms with van der Waals surface area (Å²) in [6.45, 7) is 10.5. The number of pyridine rings is 1. The predicted octanol–water partition coefficient (Wildman–Crippen LogP) is 3.93. The molecule has 0 aromatic carbocycles. The average molecular weight is 340 g/mol. The summed E-state index contributed by atoms with van der Waals surface area (Å²) < 4.78 is 2.00. The Morgan fingerprint density at radius 2 is 1.80 bits per heavy atom. The van der Waals surface area contributed by atoms with Gasteiger partial charge in [-0.2, -0.15) is 5.10 Å². The van der Waals surface area contributed by atoms with Crippen LogP contribution in [0.1, 0.15) is 62.5 Å². The lowest BCUT2D eigenvalue weighted by Crippen LogP contribution is -2.30. The molecule has 0 atom stereocenters. The van der Waals surface area contributed by atoms with Gasteiger partial charge in [0, 0.05) is 18.5 Å². The summed E-state index contributed by atoms with van der Waals surface area (Å²) in [5.74, 6) is 2.39. The third kappa shape index (κ3) is 3.29. The Kier molecular flexibility index (Phi) is 3.85. The fourth-order valence-corrected chi connectivity index (χ4v) is 3.47. The molecule has 0 saturated heterocycles. The maximum absolute atomic E-state index is 11.8. The van der Waals surface area contributed by atoms with Gasteiger partial charge in [0.2, 0.25) is 0 Å². The van der Waals surface area contributed by atoms with Gasteiger partial charge in [-0.25, -0.2) is 9.67 Å². The van der Waals surface area contributed by atoms with Crippen molar-refractivity contribution >= 4 is 23.1 Å². The van der Waals surface area contributed by atoms with E-state index in [-0.39, 0.29) is 5.54 Å². The predicted molar refractivity (Wildman–Crippen MR) is 100 cm³/mol. The number of carbonyl (C=O) groups excluding carboxylic acids is 1. The molecule has 2 heterocycles. The molecule has 5 nitrogen and oxygen atoms in total. The number of aryl methyl sites for hydroxylation is 1. The second kappa shape index (κ2) is 5.82. The minimum absolute atomic E-state index is 0.142. The number of hydrogen-bond donors (Lipinski definition) is 0. The lowest BCUT2D eigenvalue weighted by atomic mass is 10.1. The number of anilines is 1. The Morgan fingerprint density at radius 3 is 2.28 bits per heavy atom. The fraction of sp³-hybridized carbons (Fsp3) is 0.650. The third-order valence-electron chi connectivity index (χ3n) is 5.26. The van der Waals surface area contributed by atoms with Crippen LogP contribution < -0.4 is 4.90 Å². The Labute approximate surface area is 149 Å². The molecule has 2 aliphatic carbocycles. The Balaban J connectivity index is 1.83. The molecule has 2 aliphatic rings. The van der Waals surface area contributed by atoms with Gasteiger partial charge in [-0.1, -0.05) is 0 Å². The van der Waals surface area contributed by atoms with Crippen molar-refractivity contribution in [2.24, 2.45) is 11.8 Å². The van der Waals surface area contributed by atoms with Crippen molar-refractivity contribution in [1.82, 2.24) is 14.8 Å². The van der Waals surface area contributed by atoms with Gasteiger partial charge in [0.25, 0.3) is 0 Å². The quantitative estimate of drug-likeness (QED) is 0.748. The number of fused-ring (bicyclic) bond motifs is 1. The van der Waals surface area contributed by atoms with Gasteiger partial charge in [0.1, 0.15) is 5.82 Å². The molecule has 4 rings (SSSR count). The van der Waals surface area contributed by atoms with Gasteiger partial charge in [0.05, 0.1) is 16.8 Å². The van der Waals surface area contributed by atoms with E-state index in [2.05, 4.69) is 25.7 Å². The maximum Gasteiger partial charge on any atom is 0.160 e. The molecule has 25 heavy (non-hydrogen) atoms. The molecule has 2 aromatic heterocycles. The highest BCUT2D eigenvalue weighted by atomic mass is 16.1. The third-order valence-corrected chi connectivity index (χ3v) is 5.26. The van der Waals surface area contributed by atoms with E-state index < -0.39 is 0 Å². The SMILES string of the molecule is Cc1nn(C(C)(C)C)c2nc(N(CC3CC3)CC3CC3)c(C=O)cc12. The molecule has 134 valence electrons. The summed E-state index contributed by atoms with van der Waals surface area (Å²) in [6.07, 6.45) is 6.18. The van der Waals surface area contributed by atoms with Crippen LogP contribution in [-0.2, 0) is 5.54 Å². The highest BCUT2D eigenvalue weighted by molar-refractivity contribution is 5.92. The zero-order valence-electron chi connectivity index (χ0n) is 15.7. The van der Waals surface area contributed by atoms with Crippen molar-refractivity contribution < 1.29 is 4.79 Å². The summed E-state index contributed by atoms with van der Waals surface area (Å²) in [5.41, 5.74) is 2.38. The van der Waals surface area contributed by atoms with Crippen LogP contribution in [0.2, 0.25) is 0 Å². The summed E-state index contributed by atoms with van der Waals surface area (Å²) in [7, 11) is 0. The van der Waals surface area contributed by atoms with Gasteiger partial charge in [-0.3, -0.25) is 4.79 Å². The molecule has 2 fully saturated rings. The smallest absolute Gasteiger partial charge is 0.160 e. The summed E-state index contributed by atoms with van der Waals surface area (Å²) >= 11 is 0. The normalized spacial score (nSPS) is 17.9. The fourth-order valence-electron chi connectivity index (χ4n) is 3.47. The Bertz CT molecular complexity index is 795. The van der Waals surface area contributed by atoms with Crippen LogP contribution in [0.15, 0.2) is 6.07 Å². The van der Waals surface area contributed by atoms with Crippen LogP contribution in [-0.4, -0.2) is 34.1 Å². The number of rotatable bonds is 6. The monoisotopic (exact) mass is 340 g/mol. The van der Waals surface area contributed by atoms with E-state index in [9.17, 15) is 4.79 Å². The van der Waals surface area contributed by atoms with Crippen LogP contribution in [0.5, 0.6) is 0 Å². The molecule has 2 aromatic rings. The molecular formula is C20H28N4O. The number of carbonyl (C=O) groups is 1. The van der Waals surface area contributed by atoms with E-state index in [1.165, 1.54) is 25.7 Å². The van der Waals surface area contributed by atoms with E-state index in [0.717, 1.165) is 53.8 Å². The first kappa shape index (κ1) is 16.6. The van der Waals surface area contributed by atoms with Crippen molar-refractivity contribution in [3.8, 4) is 0 Å². The molecule has 0 aliphatic heterocycles. The average Bonchev–Trinajstić information content (AvgIpc) is 3.47. The van der Waals surface area contributed by atoms with Gasteiger partial charge in [-0.15, -0.1) is 0 Å². The number of aromatic nitrogens is 3. The first-order valence-corrected chi connectivity index (χ1v) is 9.48. The molecule has 0 N–H and O–H groups in total. The van der Waals surface area contributed by atoms with Crippen LogP contribution in [0.25, 0.3) is 11.0 Å². The van der Waals surface area contributed by atoms with E-state index >= 15 is 0 Å². The molecule has 0 spiro atoms. The van der Waals surface area contributed by atoms with Crippen LogP contribution >= 0.6 is 0 Å². The van der Waals surface area contributed by atoms with Gasteiger partial charge >= 0.3 is 0 Å². The zero-order valence-corrected chi connectivity index (χ0v) is 15.7. The van der Waals surface area contributed by atoms with E-state index in [1.807, 2.05) is 17.7 Å². The lowest BCUT2D eigenvalue weighted by molar-refractivity contribution is 0.112. The second-order valence-corrected chi connectivity index (χ2v) is 8.85. The number of hydrogen-bond acceptors (Lipinski definition) is 4. The van der Waals surface area contributed by atoms with Crippen molar-refractivity contribution in [3.63, 3.8) is 0 Å². The number of nitrogens with zero attached hydrogens (tertiary/aromatic N) is 4. The molecule has 5 heteroatoms. The molecule has 2 saturated carbocycles. The first-order valence-electron chi connectivity index (χ1n) is 9.48. The summed E-state index contributed by atoms with van der Waals surface area (Å²) in [4.78, 5) is 19.2. The Morgan fingerprint density at radius 1 is 1.20 bits per heavy atom. The van der Waals surface area contributed by atoms with Crippen molar-refractivity contribution in [1.29, 1.82) is 0 Å². The zero-order chi connectivity index (χ0) is 17.8. The lowest BCUT2D eigenvalue weighted by Gasteiger charge is -2.26. The van der Waals surface area contributed by atoms with E-state index in [1.54, 1.807) is 0 Å². The molecule has 0 amide bonds. The first-order chi connectivity index (χ1) is 11.9. The van der Waals surface area contributed by atoms with Crippen molar-refractivity contribution in [3.05, 3.63) is 17.3 Å². The van der Waals surface area contributed by atoms with Crippen LogP contribution in [0.4, 0.5) is 5.82 Å². The second-order valence-electron chi connectivity index (χ2n) is 8.85. The maximum atomic E-state index is 11.8. The van der Waals surface area contributed by atoms with Crippen molar-refractivity contribution in [2.45, 2.75) is 58.9 Å². The van der Waals surface area contributed by atoms with E-state index in [0.29, 0.717) is 5.56 Å². The van der Waals surface area contributed by atoms with E-state index in [4.69, 9.17) is 10.1 Å². The van der Waals surface area contributed by atoms with Crippen LogP contribution in [0, 0.1) is 18.8 Å². The topological polar surface area (TPSA) is 51.0 Å².